The van der Waals surface area contributed by atoms with E-state index in [0.717, 1.165) is 11.7 Å². The summed E-state index contributed by atoms with van der Waals surface area (Å²) in [6.07, 6.45) is 1.98. The molecule has 0 saturated carbocycles. The van der Waals surface area contributed by atoms with Gasteiger partial charge in [0.1, 0.15) is 12.7 Å². The maximum absolute atomic E-state index is 11.0. The van der Waals surface area contributed by atoms with Crippen LogP contribution in [-0.2, 0) is 11.3 Å². The monoisotopic (exact) mass is 333 g/mol. The highest BCUT2D eigenvalue weighted by Gasteiger charge is 2.12. The van der Waals surface area contributed by atoms with Crippen molar-refractivity contribution in [2.24, 2.45) is 0 Å². The zero-order chi connectivity index (χ0) is 15.9. The van der Waals surface area contributed by atoms with Gasteiger partial charge in [0, 0.05) is 12.3 Å². The molecule has 0 radical (unpaired) electrons. The first-order chi connectivity index (χ1) is 9.75. The number of aromatic nitrogens is 1. The highest BCUT2D eigenvalue weighted by atomic mass is 35.7. The third-order valence-electron chi connectivity index (χ3n) is 2.16. The van der Waals surface area contributed by atoms with Crippen LogP contribution in [0.2, 0.25) is 0 Å². The third kappa shape index (κ3) is 8.35. The summed E-state index contributed by atoms with van der Waals surface area (Å²) in [6.45, 7) is 2.30. The van der Waals surface area contributed by atoms with Crippen LogP contribution in [0.15, 0.2) is 41.9 Å². The van der Waals surface area contributed by atoms with Gasteiger partial charge in [0.25, 0.3) is 0 Å². The Labute approximate surface area is 127 Å². The van der Waals surface area contributed by atoms with Gasteiger partial charge < -0.3 is 0 Å². The van der Waals surface area contributed by atoms with E-state index >= 15 is 0 Å². The zero-order valence-electron chi connectivity index (χ0n) is 11.1. The molecule has 9 heteroatoms. The number of carbonyl (C=O) groups excluding carboxylic acids is 1. The van der Waals surface area contributed by atoms with E-state index in [1.165, 1.54) is 23.8 Å². The molecule has 0 spiro atoms. The standard InChI is InChI=1S/C12H12N2OS.ClHO4/c1-10(15)13-12-14(7-8-16-12)9-11-5-3-2-4-6-11;2-1(3,4)5/h2-8H,9H2,1H3;(H,2,3,4,5)/p+1. The number of nitrogens with zero attached hydrogens (tertiary/aromatic N) is 1. The Balaban J connectivity index is 0.000000383. The second kappa shape index (κ2) is 8.03. The fourth-order valence-electron chi connectivity index (χ4n) is 1.46. The number of hydrogen-bond donors (Lipinski definition) is 2. The first-order valence-electron chi connectivity index (χ1n) is 5.67. The summed E-state index contributed by atoms with van der Waals surface area (Å²) < 4.78 is 34.8. The number of anilines is 1. The molecular weight excluding hydrogens is 320 g/mol. The molecule has 7 nitrogen and oxygen atoms in total. The molecule has 0 aliphatic carbocycles. The van der Waals surface area contributed by atoms with Crippen LogP contribution in [0.25, 0.3) is 0 Å². The van der Waals surface area contributed by atoms with Gasteiger partial charge in [0.05, 0.1) is 14.9 Å². The molecule has 0 fully saturated rings. The minimum atomic E-state index is -4.69. The smallest absolute Gasteiger partial charge is 0.247 e. The van der Waals surface area contributed by atoms with E-state index < -0.39 is 10.2 Å². The SMILES string of the molecule is CC(=O)Nc1scc[n+]1Cc1ccccc1.[O-][Cl+3]([O-])([O-])O. The average molecular weight is 334 g/mol. The Morgan fingerprint density at radius 1 is 1.33 bits per heavy atom. The Morgan fingerprint density at radius 2 is 1.90 bits per heavy atom. The lowest BCUT2D eigenvalue weighted by Gasteiger charge is -2.03. The first-order valence-corrected chi connectivity index (χ1v) is 7.82. The number of thiazole rings is 1. The van der Waals surface area contributed by atoms with E-state index in [0.29, 0.717) is 0 Å². The van der Waals surface area contributed by atoms with Crippen molar-refractivity contribution in [3.63, 3.8) is 0 Å². The molecular formula is C12H14ClN2O5S+. The molecule has 1 aromatic heterocycles. The van der Waals surface area contributed by atoms with Crippen LogP contribution in [0, 0.1) is 10.2 Å². The van der Waals surface area contributed by atoms with Gasteiger partial charge in [-0.15, -0.1) is 0 Å². The number of benzene rings is 1. The van der Waals surface area contributed by atoms with Crippen molar-refractivity contribution in [3.05, 3.63) is 47.5 Å². The van der Waals surface area contributed by atoms with Crippen molar-refractivity contribution >= 4 is 22.4 Å². The number of nitrogens with one attached hydrogen (secondary N) is 1. The van der Waals surface area contributed by atoms with Gasteiger partial charge in [-0.1, -0.05) is 41.7 Å². The molecule has 114 valence electrons. The van der Waals surface area contributed by atoms with Crippen LogP contribution in [0.1, 0.15) is 12.5 Å². The van der Waals surface area contributed by atoms with Crippen molar-refractivity contribution in [1.82, 2.24) is 0 Å². The summed E-state index contributed by atoms with van der Waals surface area (Å²) in [7, 11) is -4.69. The summed E-state index contributed by atoms with van der Waals surface area (Å²) in [5, 5.41) is 5.65. The topological polar surface area (TPSA) is 122 Å². The molecule has 0 atom stereocenters. The fraction of sp³-hybridized carbons (Fsp3) is 0.167. The zero-order valence-corrected chi connectivity index (χ0v) is 12.6. The third-order valence-corrected chi connectivity index (χ3v) is 2.98. The van der Waals surface area contributed by atoms with Crippen LogP contribution < -0.4 is 23.9 Å². The van der Waals surface area contributed by atoms with Gasteiger partial charge >= 0.3 is 11.0 Å². The average Bonchev–Trinajstić information content (AvgIpc) is 2.75. The van der Waals surface area contributed by atoms with Crippen LogP contribution >= 0.6 is 11.3 Å². The molecule has 2 rings (SSSR count). The van der Waals surface area contributed by atoms with Gasteiger partial charge in [-0.3, -0.25) is 0 Å². The molecule has 1 amide bonds. The molecule has 2 aromatic rings. The van der Waals surface area contributed by atoms with Crippen molar-refractivity contribution in [3.8, 4) is 0 Å². The second-order valence-electron chi connectivity index (χ2n) is 3.90. The fourth-order valence-corrected chi connectivity index (χ4v) is 2.26. The Bertz CT molecular complexity index is 565. The molecule has 0 bridgehead atoms. The molecule has 0 aliphatic heterocycles. The number of amides is 1. The maximum atomic E-state index is 11.0. The number of carbonyl (C=O) groups is 1. The van der Waals surface area contributed by atoms with E-state index in [1.807, 2.05) is 34.3 Å². The largest absolute Gasteiger partial charge is 0.341 e. The van der Waals surface area contributed by atoms with Crippen LogP contribution in [0.5, 0.6) is 0 Å². The Kier molecular flexibility index (Phi) is 6.69. The van der Waals surface area contributed by atoms with Crippen molar-refractivity contribution in [2.45, 2.75) is 13.5 Å². The van der Waals surface area contributed by atoms with E-state index in [9.17, 15) is 4.79 Å². The first kappa shape index (κ1) is 17.5. The highest BCUT2D eigenvalue weighted by Crippen LogP contribution is 2.10. The highest BCUT2D eigenvalue weighted by molar-refractivity contribution is 7.13. The molecule has 0 aliphatic rings. The van der Waals surface area contributed by atoms with Gasteiger partial charge in [-0.05, 0) is 5.56 Å². The van der Waals surface area contributed by atoms with Crippen molar-refractivity contribution < 1.29 is 38.2 Å². The van der Waals surface area contributed by atoms with Gasteiger partial charge in [-0.2, -0.15) is 14.0 Å². The quantitative estimate of drug-likeness (QED) is 0.624. The van der Waals surface area contributed by atoms with Crippen molar-refractivity contribution in [1.29, 1.82) is 0 Å². The summed E-state index contributed by atoms with van der Waals surface area (Å²) >= 11 is 1.53. The number of halogens is 1. The summed E-state index contributed by atoms with van der Waals surface area (Å²) in [5.74, 6) is -0.0377. The van der Waals surface area contributed by atoms with Gasteiger partial charge in [0.2, 0.25) is 0 Å². The second-order valence-corrected chi connectivity index (χ2v) is 5.59. The summed E-state index contributed by atoms with van der Waals surface area (Å²) in [6, 6.07) is 10.2. The van der Waals surface area contributed by atoms with E-state index in [-0.39, 0.29) is 5.91 Å². The predicted octanol–water partition coefficient (Wildman–Crippen LogP) is -2.08. The summed E-state index contributed by atoms with van der Waals surface area (Å²) in [4.78, 5) is 11.0. The van der Waals surface area contributed by atoms with E-state index in [1.54, 1.807) is 0 Å². The lowest BCUT2D eigenvalue weighted by Crippen LogP contribution is -2.58. The van der Waals surface area contributed by atoms with Gasteiger partial charge in [0.15, 0.2) is 0 Å². The Hall–Kier alpha value is -1.55. The lowest BCUT2D eigenvalue weighted by molar-refractivity contribution is -1.92. The minimum Gasteiger partial charge on any atom is -0.247 e. The minimum absolute atomic E-state index is 0.0377. The normalized spacial score (nSPS) is 10.5. The summed E-state index contributed by atoms with van der Waals surface area (Å²) in [5.41, 5.74) is 1.22. The molecule has 2 N–H and O–H groups in total. The number of hydrogen-bond acceptors (Lipinski definition) is 6. The van der Waals surface area contributed by atoms with Crippen LogP contribution in [-0.4, -0.2) is 10.6 Å². The van der Waals surface area contributed by atoms with Crippen LogP contribution in [0.4, 0.5) is 5.13 Å². The molecule has 0 unspecified atom stereocenters. The molecule has 1 heterocycles. The molecule has 0 saturated heterocycles. The maximum Gasteiger partial charge on any atom is 0.341 e. The Morgan fingerprint density at radius 3 is 2.43 bits per heavy atom. The number of rotatable bonds is 3. The molecule has 1 aromatic carbocycles. The van der Waals surface area contributed by atoms with E-state index in [2.05, 4.69) is 17.4 Å². The lowest BCUT2D eigenvalue weighted by atomic mass is 10.2. The van der Waals surface area contributed by atoms with Gasteiger partial charge in [-0.25, -0.2) is 14.7 Å². The van der Waals surface area contributed by atoms with E-state index in [4.69, 9.17) is 18.6 Å². The van der Waals surface area contributed by atoms with Crippen molar-refractivity contribution in [2.75, 3.05) is 5.32 Å². The molecule has 21 heavy (non-hydrogen) atoms. The predicted molar refractivity (Wildman–Crippen MR) is 66.6 cm³/mol. The van der Waals surface area contributed by atoms with Crippen LogP contribution in [0.3, 0.4) is 0 Å².